The maximum Gasteiger partial charge on any atom is 0.123 e. The summed E-state index contributed by atoms with van der Waals surface area (Å²) in [6, 6.07) is 9.76. The molecular weight excluding hydrogens is 328 g/mol. The van der Waals surface area contributed by atoms with Gasteiger partial charge in [0, 0.05) is 24.2 Å². The smallest absolute Gasteiger partial charge is 0.123 e. The van der Waals surface area contributed by atoms with Gasteiger partial charge in [0.1, 0.15) is 18.2 Å². The number of hydrogen-bond donors (Lipinski definition) is 1. The van der Waals surface area contributed by atoms with Gasteiger partial charge in [-0.25, -0.2) is 4.39 Å². The van der Waals surface area contributed by atoms with Gasteiger partial charge < -0.3 is 15.2 Å². The standard InChI is InChI=1S/C16H17ClFNO2.ClH/c1-20-6-7-21-13-4-2-11(10-19)14(9-13)15-8-12(18)3-5-16(15)17;/h2-5,8-9H,6-7,10,19H2,1H3;1H. The maximum atomic E-state index is 13.5. The molecule has 0 saturated heterocycles. The van der Waals surface area contributed by atoms with Crippen LogP contribution in [0, 0.1) is 5.82 Å². The van der Waals surface area contributed by atoms with Gasteiger partial charge in [-0.3, -0.25) is 0 Å². The summed E-state index contributed by atoms with van der Waals surface area (Å²) in [6.07, 6.45) is 0. The van der Waals surface area contributed by atoms with E-state index in [1.54, 1.807) is 7.11 Å². The van der Waals surface area contributed by atoms with Crippen LogP contribution in [-0.4, -0.2) is 20.3 Å². The fraction of sp³-hybridized carbons (Fsp3) is 0.250. The molecule has 0 spiro atoms. The third kappa shape index (κ3) is 4.58. The highest BCUT2D eigenvalue weighted by molar-refractivity contribution is 6.33. The molecule has 3 nitrogen and oxygen atoms in total. The Hall–Kier alpha value is -1.33. The van der Waals surface area contributed by atoms with Crippen LogP contribution in [0.15, 0.2) is 36.4 Å². The van der Waals surface area contributed by atoms with E-state index >= 15 is 0 Å². The Morgan fingerprint density at radius 2 is 1.86 bits per heavy atom. The zero-order chi connectivity index (χ0) is 15.2. The lowest BCUT2D eigenvalue weighted by Gasteiger charge is -2.13. The van der Waals surface area contributed by atoms with Gasteiger partial charge in [-0.1, -0.05) is 17.7 Å². The van der Waals surface area contributed by atoms with Crippen molar-refractivity contribution in [3.05, 3.63) is 52.8 Å². The minimum atomic E-state index is -0.344. The van der Waals surface area contributed by atoms with E-state index in [0.29, 0.717) is 36.1 Å². The summed E-state index contributed by atoms with van der Waals surface area (Å²) >= 11 is 6.17. The number of ether oxygens (including phenoxy) is 2. The van der Waals surface area contributed by atoms with Gasteiger partial charge in [-0.15, -0.1) is 12.4 Å². The molecule has 120 valence electrons. The van der Waals surface area contributed by atoms with E-state index in [4.69, 9.17) is 26.8 Å². The van der Waals surface area contributed by atoms with Crippen molar-refractivity contribution in [1.29, 1.82) is 0 Å². The summed E-state index contributed by atoms with van der Waals surface area (Å²) in [5, 5.41) is 0.472. The van der Waals surface area contributed by atoms with Crippen LogP contribution in [-0.2, 0) is 11.3 Å². The fourth-order valence-electron chi connectivity index (χ4n) is 2.02. The first-order valence-electron chi connectivity index (χ1n) is 6.56. The minimum absolute atomic E-state index is 0. The van der Waals surface area contributed by atoms with Crippen molar-refractivity contribution in [3.8, 4) is 16.9 Å². The number of methoxy groups -OCH3 is 1. The average Bonchev–Trinajstić information content (AvgIpc) is 2.50. The van der Waals surface area contributed by atoms with Crippen molar-refractivity contribution < 1.29 is 13.9 Å². The highest BCUT2D eigenvalue weighted by atomic mass is 35.5. The first kappa shape index (κ1) is 18.7. The Bertz CT molecular complexity index is 623. The van der Waals surface area contributed by atoms with E-state index in [-0.39, 0.29) is 18.2 Å². The normalized spacial score (nSPS) is 10.2. The predicted octanol–water partition coefficient (Wildman–Crippen LogP) is 4.05. The van der Waals surface area contributed by atoms with E-state index < -0.39 is 0 Å². The molecule has 2 aromatic carbocycles. The molecule has 0 heterocycles. The molecule has 0 radical (unpaired) electrons. The van der Waals surface area contributed by atoms with Crippen molar-refractivity contribution in [2.24, 2.45) is 5.73 Å². The summed E-state index contributed by atoms with van der Waals surface area (Å²) in [5.41, 5.74) is 8.01. The van der Waals surface area contributed by atoms with E-state index in [0.717, 1.165) is 11.1 Å². The molecule has 0 unspecified atom stereocenters. The lowest BCUT2D eigenvalue weighted by molar-refractivity contribution is 0.146. The maximum absolute atomic E-state index is 13.5. The van der Waals surface area contributed by atoms with Crippen LogP contribution in [0.5, 0.6) is 5.75 Å². The second-order valence-electron chi connectivity index (χ2n) is 4.49. The molecule has 0 saturated carbocycles. The second kappa shape index (κ2) is 8.96. The number of hydrogen-bond acceptors (Lipinski definition) is 3. The molecule has 22 heavy (non-hydrogen) atoms. The van der Waals surface area contributed by atoms with Crippen LogP contribution in [0.4, 0.5) is 4.39 Å². The summed E-state index contributed by atoms with van der Waals surface area (Å²) in [6.45, 7) is 1.27. The Labute approximate surface area is 140 Å². The third-order valence-electron chi connectivity index (χ3n) is 3.08. The summed E-state index contributed by atoms with van der Waals surface area (Å²) in [4.78, 5) is 0. The summed E-state index contributed by atoms with van der Waals surface area (Å²) < 4.78 is 24.0. The summed E-state index contributed by atoms with van der Waals surface area (Å²) in [7, 11) is 1.61. The monoisotopic (exact) mass is 345 g/mol. The highest BCUT2D eigenvalue weighted by Crippen LogP contribution is 2.33. The SMILES string of the molecule is COCCOc1ccc(CN)c(-c2cc(F)ccc2Cl)c1.Cl. The van der Waals surface area contributed by atoms with Crippen LogP contribution in [0.3, 0.4) is 0 Å². The average molecular weight is 346 g/mol. The number of benzene rings is 2. The number of nitrogens with two attached hydrogens (primary N) is 1. The Balaban J connectivity index is 0.00000242. The molecule has 0 aliphatic heterocycles. The van der Waals surface area contributed by atoms with Gasteiger partial charge in [0.15, 0.2) is 0 Å². The molecule has 2 N–H and O–H groups in total. The molecule has 6 heteroatoms. The number of rotatable bonds is 6. The lowest BCUT2D eigenvalue weighted by atomic mass is 9.99. The van der Waals surface area contributed by atoms with Gasteiger partial charge >= 0.3 is 0 Å². The highest BCUT2D eigenvalue weighted by Gasteiger charge is 2.11. The minimum Gasteiger partial charge on any atom is -0.491 e. The molecule has 0 aliphatic carbocycles. The van der Waals surface area contributed by atoms with Gasteiger partial charge in [0.2, 0.25) is 0 Å². The van der Waals surface area contributed by atoms with Crippen LogP contribution in [0.25, 0.3) is 11.1 Å². The first-order valence-corrected chi connectivity index (χ1v) is 6.93. The van der Waals surface area contributed by atoms with E-state index in [2.05, 4.69) is 0 Å². The molecule has 0 bridgehead atoms. The Kier molecular flexibility index (Phi) is 7.62. The van der Waals surface area contributed by atoms with Crippen molar-refractivity contribution in [1.82, 2.24) is 0 Å². The molecule has 0 aliphatic rings. The molecular formula is C16H18Cl2FNO2. The molecule has 2 rings (SSSR count). The molecule has 0 amide bonds. The van der Waals surface area contributed by atoms with Crippen molar-refractivity contribution in [2.75, 3.05) is 20.3 Å². The van der Waals surface area contributed by atoms with E-state index in [1.807, 2.05) is 18.2 Å². The zero-order valence-electron chi connectivity index (χ0n) is 12.1. The van der Waals surface area contributed by atoms with Gasteiger partial charge in [-0.2, -0.15) is 0 Å². The molecule has 2 aromatic rings. The van der Waals surface area contributed by atoms with E-state index in [1.165, 1.54) is 18.2 Å². The quantitative estimate of drug-likeness (QED) is 0.803. The van der Waals surface area contributed by atoms with Gasteiger partial charge in [-0.05, 0) is 41.5 Å². The van der Waals surface area contributed by atoms with Crippen LogP contribution < -0.4 is 10.5 Å². The van der Waals surface area contributed by atoms with Gasteiger partial charge in [0.05, 0.1) is 6.61 Å². The topological polar surface area (TPSA) is 44.5 Å². The summed E-state index contributed by atoms with van der Waals surface area (Å²) in [5.74, 6) is 0.322. The third-order valence-corrected chi connectivity index (χ3v) is 3.41. The Morgan fingerprint density at radius 3 is 2.55 bits per heavy atom. The van der Waals surface area contributed by atoms with Gasteiger partial charge in [0.25, 0.3) is 0 Å². The number of halogens is 3. The van der Waals surface area contributed by atoms with E-state index in [9.17, 15) is 4.39 Å². The molecule has 0 fully saturated rings. The zero-order valence-corrected chi connectivity index (χ0v) is 13.7. The van der Waals surface area contributed by atoms with Crippen LogP contribution in [0.1, 0.15) is 5.56 Å². The van der Waals surface area contributed by atoms with Crippen LogP contribution in [0.2, 0.25) is 5.02 Å². The Morgan fingerprint density at radius 1 is 1.09 bits per heavy atom. The van der Waals surface area contributed by atoms with Crippen molar-refractivity contribution >= 4 is 24.0 Å². The van der Waals surface area contributed by atoms with Crippen molar-refractivity contribution in [3.63, 3.8) is 0 Å². The molecule has 0 atom stereocenters. The molecule has 0 aromatic heterocycles. The van der Waals surface area contributed by atoms with Crippen LogP contribution >= 0.6 is 24.0 Å². The predicted molar refractivity (Wildman–Crippen MR) is 89.4 cm³/mol. The first-order chi connectivity index (χ1) is 10.2. The largest absolute Gasteiger partial charge is 0.491 e. The second-order valence-corrected chi connectivity index (χ2v) is 4.90. The lowest BCUT2D eigenvalue weighted by Crippen LogP contribution is -2.05. The van der Waals surface area contributed by atoms with Crippen molar-refractivity contribution in [2.45, 2.75) is 6.54 Å². The fourth-order valence-corrected chi connectivity index (χ4v) is 2.24.